The van der Waals surface area contributed by atoms with Gasteiger partial charge in [-0.2, -0.15) is 0 Å². The molecule has 4 heteroatoms. The second-order valence-corrected chi connectivity index (χ2v) is 8.07. The normalized spacial score (nSPS) is 28.5. The molecule has 1 aromatic rings. The highest BCUT2D eigenvalue weighted by Crippen LogP contribution is 2.36. The van der Waals surface area contributed by atoms with Crippen LogP contribution in [0.5, 0.6) is 0 Å². The van der Waals surface area contributed by atoms with Crippen molar-refractivity contribution in [2.45, 2.75) is 70.8 Å². The summed E-state index contributed by atoms with van der Waals surface area (Å²) in [6, 6.07) is 5.59. The molecule has 0 bridgehead atoms. The minimum atomic E-state index is -1.34. The van der Waals surface area contributed by atoms with E-state index in [1.807, 2.05) is 32.1 Å². The Balaban J connectivity index is 1.56. The number of hydrogen-bond donors (Lipinski definition) is 0. The summed E-state index contributed by atoms with van der Waals surface area (Å²) in [6.07, 6.45) is 11.3. The van der Waals surface area contributed by atoms with Crippen LogP contribution in [-0.4, -0.2) is 25.2 Å². The molecule has 1 unspecified atom stereocenters. The van der Waals surface area contributed by atoms with Gasteiger partial charge in [0.15, 0.2) is 12.0 Å². The molecule has 2 nitrogen and oxygen atoms in total. The van der Waals surface area contributed by atoms with E-state index in [-0.39, 0.29) is 31.2 Å². The molecule has 1 fully saturated rings. The first-order chi connectivity index (χ1) is 13.5. The SMILES string of the molecule is CC=CCCc1ccc(C2=CCC(C3OCC(F)(CCC)CO3)CC2)cc1F. The van der Waals surface area contributed by atoms with Crippen molar-refractivity contribution in [1.82, 2.24) is 0 Å². The van der Waals surface area contributed by atoms with Gasteiger partial charge >= 0.3 is 0 Å². The summed E-state index contributed by atoms with van der Waals surface area (Å²) in [5, 5.41) is 0. The van der Waals surface area contributed by atoms with Crippen molar-refractivity contribution in [3.8, 4) is 0 Å². The van der Waals surface area contributed by atoms with E-state index in [0.29, 0.717) is 6.42 Å². The van der Waals surface area contributed by atoms with Gasteiger partial charge in [-0.25, -0.2) is 8.78 Å². The van der Waals surface area contributed by atoms with Crippen LogP contribution in [0.4, 0.5) is 8.78 Å². The van der Waals surface area contributed by atoms with Crippen LogP contribution in [0.2, 0.25) is 0 Å². The van der Waals surface area contributed by atoms with Crippen molar-refractivity contribution >= 4 is 5.57 Å². The fourth-order valence-electron chi connectivity index (χ4n) is 4.14. The van der Waals surface area contributed by atoms with E-state index in [0.717, 1.165) is 49.7 Å². The lowest BCUT2D eigenvalue weighted by Crippen LogP contribution is -2.46. The molecule has 0 spiro atoms. The van der Waals surface area contributed by atoms with Crippen LogP contribution < -0.4 is 0 Å². The van der Waals surface area contributed by atoms with Crippen molar-refractivity contribution in [2.75, 3.05) is 13.2 Å². The molecule has 2 aliphatic rings. The second-order valence-electron chi connectivity index (χ2n) is 8.07. The summed E-state index contributed by atoms with van der Waals surface area (Å²) in [5.74, 6) is 0.110. The standard InChI is InChI=1S/C24H32F2O2/c1-3-5-6-7-19-10-13-21(15-22(19)25)18-8-11-20(12-9-18)23-27-16-24(26,14-4-2)17-28-23/h3,5,8,10,13,15,20,23H,4,6-7,9,11-12,14,16-17H2,1-2H3. The molecular weight excluding hydrogens is 358 g/mol. The first-order valence-corrected chi connectivity index (χ1v) is 10.6. The van der Waals surface area contributed by atoms with Crippen LogP contribution in [0, 0.1) is 11.7 Å². The summed E-state index contributed by atoms with van der Waals surface area (Å²) in [4.78, 5) is 0. The van der Waals surface area contributed by atoms with Gasteiger partial charge in [0.2, 0.25) is 0 Å². The van der Waals surface area contributed by atoms with Crippen molar-refractivity contribution in [2.24, 2.45) is 5.92 Å². The minimum absolute atomic E-state index is 0.123. The summed E-state index contributed by atoms with van der Waals surface area (Å²) in [7, 11) is 0. The van der Waals surface area contributed by atoms with Gasteiger partial charge in [-0.15, -0.1) is 0 Å². The maximum atomic E-state index is 14.5. The number of halogens is 2. The monoisotopic (exact) mass is 390 g/mol. The molecule has 1 aliphatic heterocycles. The van der Waals surface area contributed by atoms with Crippen molar-refractivity contribution in [3.63, 3.8) is 0 Å². The van der Waals surface area contributed by atoms with E-state index in [1.165, 1.54) is 5.57 Å². The molecule has 1 aliphatic carbocycles. The Morgan fingerprint density at radius 1 is 1.25 bits per heavy atom. The van der Waals surface area contributed by atoms with Crippen molar-refractivity contribution in [1.29, 1.82) is 0 Å². The zero-order chi connectivity index (χ0) is 20.0. The average molecular weight is 391 g/mol. The van der Waals surface area contributed by atoms with Gasteiger partial charge < -0.3 is 9.47 Å². The Bertz CT molecular complexity index is 703. The van der Waals surface area contributed by atoms with E-state index < -0.39 is 5.67 Å². The van der Waals surface area contributed by atoms with Crippen LogP contribution in [0.15, 0.2) is 36.4 Å². The fourth-order valence-corrected chi connectivity index (χ4v) is 4.14. The van der Waals surface area contributed by atoms with Gasteiger partial charge in [-0.1, -0.05) is 43.7 Å². The number of aryl methyl sites for hydroxylation is 1. The maximum absolute atomic E-state index is 14.5. The number of allylic oxidation sites excluding steroid dienone is 4. The topological polar surface area (TPSA) is 18.5 Å². The third kappa shape index (κ3) is 5.30. The Hall–Kier alpha value is -1.52. The highest BCUT2D eigenvalue weighted by molar-refractivity contribution is 5.66. The van der Waals surface area contributed by atoms with E-state index >= 15 is 0 Å². The van der Waals surface area contributed by atoms with Crippen LogP contribution >= 0.6 is 0 Å². The molecule has 0 radical (unpaired) electrons. The first kappa shape index (κ1) is 21.2. The van der Waals surface area contributed by atoms with Crippen molar-refractivity contribution in [3.05, 3.63) is 53.4 Å². The smallest absolute Gasteiger partial charge is 0.160 e. The van der Waals surface area contributed by atoms with Crippen LogP contribution in [0.1, 0.15) is 63.5 Å². The predicted molar refractivity (Wildman–Crippen MR) is 109 cm³/mol. The van der Waals surface area contributed by atoms with Crippen molar-refractivity contribution < 1.29 is 18.3 Å². The van der Waals surface area contributed by atoms with E-state index in [4.69, 9.17) is 9.47 Å². The summed E-state index contributed by atoms with van der Waals surface area (Å²) < 4.78 is 40.3. The zero-order valence-electron chi connectivity index (χ0n) is 17.1. The lowest BCUT2D eigenvalue weighted by Gasteiger charge is -2.38. The molecule has 0 aromatic heterocycles. The number of rotatable bonds is 7. The molecule has 1 aromatic carbocycles. The Labute approximate surface area is 167 Å². The average Bonchev–Trinajstić information content (AvgIpc) is 2.70. The van der Waals surface area contributed by atoms with Crippen LogP contribution in [0.25, 0.3) is 5.57 Å². The third-order valence-electron chi connectivity index (χ3n) is 5.79. The summed E-state index contributed by atoms with van der Waals surface area (Å²) >= 11 is 0. The number of alkyl halides is 1. The molecule has 0 saturated carbocycles. The fraction of sp³-hybridized carbons (Fsp3) is 0.583. The molecule has 1 heterocycles. The van der Waals surface area contributed by atoms with Crippen LogP contribution in [0.3, 0.4) is 0 Å². The number of ether oxygens (including phenoxy) is 2. The number of hydrogen-bond acceptors (Lipinski definition) is 2. The molecular formula is C24H32F2O2. The lowest BCUT2D eigenvalue weighted by molar-refractivity contribution is -0.254. The van der Waals surface area contributed by atoms with Gasteiger partial charge in [0.25, 0.3) is 0 Å². The zero-order valence-corrected chi connectivity index (χ0v) is 17.1. The summed E-state index contributed by atoms with van der Waals surface area (Å²) in [5.41, 5.74) is 1.56. The van der Waals surface area contributed by atoms with Gasteiger partial charge in [0.05, 0.1) is 13.2 Å². The van der Waals surface area contributed by atoms with E-state index in [1.54, 1.807) is 6.07 Å². The Morgan fingerprint density at radius 2 is 2.04 bits per heavy atom. The molecule has 1 saturated heterocycles. The maximum Gasteiger partial charge on any atom is 0.160 e. The van der Waals surface area contributed by atoms with Gasteiger partial charge in [0.1, 0.15) is 5.82 Å². The van der Waals surface area contributed by atoms with E-state index in [2.05, 4.69) is 12.2 Å². The highest BCUT2D eigenvalue weighted by Gasteiger charge is 2.39. The highest BCUT2D eigenvalue weighted by atomic mass is 19.1. The first-order valence-electron chi connectivity index (χ1n) is 10.6. The second kappa shape index (κ2) is 9.80. The van der Waals surface area contributed by atoms with E-state index in [9.17, 15) is 8.78 Å². The van der Waals surface area contributed by atoms with Crippen LogP contribution in [-0.2, 0) is 15.9 Å². The quantitative estimate of drug-likeness (QED) is 0.502. The third-order valence-corrected chi connectivity index (χ3v) is 5.79. The molecule has 0 N–H and O–H groups in total. The number of benzene rings is 1. The minimum Gasteiger partial charge on any atom is -0.349 e. The molecule has 0 amide bonds. The lowest BCUT2D eigenvalue weighted by atomic mass is 9.85. The Morgan fingerprint density at radius 3 is 2.64 bits per heavy atom. The Kier molecular flexibility index (Phi) is 7.42. The predicted octanol–water partition coefficient (Wildman–Crippen LogP) is 6.40. The molecule has 28 heavy (non-hydrogen) atoms. The molecule has 154 valence electrons. The van der Waals surface area contributed by atoms with Gasteiger partial charge in [-0.05, 0) is 68.2 Å². The van der Waals surface area contributed by atoms with Gasteiger partial charge in [-0.3, -0.25) is 0 Å². The largest absolute Gasteiger partial charge is 0.349 e. The summed E-state index contributed by atoms with van der Waals surface area (Å²) in [6.45, 7) is 4.19. The van der Waals surface area contributed by atoms with Gasteiger partial charge in [0, 0.05) is 5.92 Å². The molecule has 1 atom stereocenters. The molecule has 3 rings (SSSR count).